The van der Waals surface area contributed by atoms with Crippen LogP contribution in [0.2, 0.25) is 0 Å². The Balaban J connectivity index is 1.59. The lowest BCUT2D eigenvalue weighted by Gasteiger charge is -2.61. The van der Waals surface area contributed by atoms with E-state index in [1.54, 1.807) is 33.7 Å². The van der Waals surface area contributed by atoms with Gasteiger partial charge in [0.25, 0.3) is 0 Å². The van der Waals surface area contributed by atoms with Crippen molar-refractivity contribution in [3.8, 4) is 0 Å². The number of nitrogens with zero attached hydrogens (tertiary/aromatic N) is 4. The van der Waals surface area contributed by atoms with Gasteiger partial charge >= 0.3 is 0 Å². The molecule has 0 radical (unpaired) electrons. The second-order valence-corrected chi connectivity index (χ2v) is 8.73. The molecular formula is C18H27N5O2. The lowest BCUT2D eigenvalue weighted by atomic mass is 9.46. The number of nitrogens with one attached hydrogen (secondary N) is 1. The van der Waals surface area contributed by atoms with E-state index in [0.29, 0.717) is 11.8 Å². The minimum atomic E-state index is -0.488. The van der Waals surface area contributed by atoms with Crippen LogP contribution in [0.5, 0.6) is 0 Å². The SMILES string of the molecule is CC(NC(=O)C12CC3CC(C1)CC(n1cncn1)(C3)C2)C(=O)N(C)C. The van der Waals surface area contributed by atoms with Crippen molar-refractivity contribution in [1.29, 1.82) is 0 Å². The number of carbonyl (C=O) groups excluding carboxylic acids is 2. The van der Waals surface area contributed by atoms with Crippen LogP contribution in [-0.4, -0.2) is 51.6 Å². The molecule has 1 heterocycles. The maximum absolute atomic E-state index is 13.2. The summed E-state index contributed by atoms with van der Waals surface area (Å²) in [7, 11) is 3.44. The molecule has 1 aromatic heterocycles. The van der Waals surface area contributed by atoms with Crippen molar-refractivity contribution in [2.45, 2.75) is 57.0 Å². The van der Waals surface area contributed by atoms with Gasteiger partial charge < -0.3 is 10.2 Å². The molecule has 7 heteroatoms. The van der Waals surface area contributed by atoms with Gasteiger partial charge in [0.05, 0.1) is 11.0 Å². The molecule has 7 nitrogen and oxygen atoms in total. The van der Waals surface area contributed by atoms with Gasteiger partial charge in [0, 0.05) is 14.1 Å². The largest absolute Gasteiger partial charge is 0.347 e. The second-order valence-electron chi connectivity index (χ2n) is 8.73. The van der Waals surface area contributed by atoms with Crippen LogP contribution in [0.15, 0.2) is 12.7 Å². The van der Waals surface area contributed by atoms with Gasteiger partial charge in [-0.05, 0) is 57.3 Å². The Bertz CT molecular complexity index is 670. The van der Waals surface area contributed by atoms with Gasteiger partial charge in [0.15, 0.2) is 0 Å². The summed E-state index contributed by atoms with van der Waals surface area (Å²) in [5.41, 5.74) is -0.441. The Hall–Kier alpha value is -1.92. The van der Waals surface area contributed by atoms with Crippen molar-refractivity contribution in [3.05, 3.63) is 12.7 Å². The predicted molar refractivity (Wildman–Crippen MR) is 91.4 cm³/mol. The molecule has 4 aliphatic carbocycles. The molecule has 3 atom stereocenters. The Kier molecular flexibility index (Phi) is 3.67. The van der Waals surface area contributed by atoms with E-state index in [2.05, 4.69) is 15.4 Å². The van der Waals surface area contributed by atoms with Crippen LogP contribution in [0.4, 0.5) is 0 Å². The van der Waals surface area contributed by atoms with Crippen LogP contribution in [0.25, 0.3) is 0 Å². The molecule has 5 rings (SSSR count). The van der Waals surface area contributed by atoms with Crippen molar-refractivity contribution >= 4 is 11.8 Å². The van der Waals surface area contributed by atoms with E-state index in [0.717, 1.165) is 32.1 Å². The summed E-state index contributed by atoms with van der Waals surface area (Å²) in [5.74, 6) is 1.12. The van der Waals surface area contributed by atoms with E-state index >= 15 is 0 Å². The predicted octanol–water partition coefficient (Wildman–Crippen LogP) is 1.17. The van der Waals surface area contributed by atoms with Crippen molar-refractivity contribution in [2.75, 3.05) is 14.1 Å². The summed E-state index contributed by atoms with van der Waals surface area (Å²) in [6.07, 6.45) is 9.48. The lowest BCUT2D eigenvalue weighted by molar-refractivity contribution is -0.158. The van der Waals surface area contributed by atoms with Crippen LogP contribution < -0.4 is 5.32 Å². The number of carbonyl (C=O) groups is 2. The van der Waals surface area contributed by atoms with Crippen molar-refractivity contribution in [3.63, 3.8) is 0 Å². The maximum atomic E-state index is 13.2. The maximum Gasteiger partial charge on any atom is 0.244 e. The van der Waals surface area contributed by atoms with E-state index < -0.39 is 6.04 Å². The molecule has 0 aliphatic heterocycles. The molecule has 4 saturated carbocycles. The van der Waals surface area contributed by atoms with Crippen molar-refractivity contribution in [2.24, 2.45) is 17.3 Å². The van der Waals surface area contributed by atoms with E-state index in [9.17, 15) is 9.59 Å². The molecule has 4 bridgehead atoms. The highest BCUT2D eigenvalue weighted by Crippen LogP contribution is 2.64. The zero-order valence-electron chi connectivity index (χ0n) is 15.2. The summed E-state index contributed by atoms with van der Waals surface area (Å²) in [4.78, 5) is 31.0. The zero-order valence-corrected chi connectivity index (χ0v) is 15.2. The average Bonchev–Trinajstić information content (AvgIpc) is 3.08. The van der Waals surface area contributed by atoms with E-state index in [-0.39, 0.29) is 22.8 Å². The third-order valence-electron chi connectivity index (χ3n) is 6.58. The minimum absolute atomic E-state index is 0.0498. The standard InChI is InChI=1S/C18H27N5O2/c1-12(15(24)22(2)3)21-16(25)17-5-13-4-14(6-17)8-18(7-13,9-17)23-11-19-10-20-23/h10-14H,4-9H2,1-3H3,(H,21,25). The van der Waals surface area contributed by atoms with Crippen LogP contribution >= 0.6 is 0 Å². The van der Waals surface area contributed by atoms with Crippen molar-refractivity contribution in [1.82, 2.24) is 25.0 Å². The Labute approximate surface area is 148 Å². The number of amides is 2. The zero-order chi connectivity index (χ0) is 17.8. The smallest absolute Gasteiger partial charge is 0.244 e. The van der Waals surface area contributed by atoms with Crippen molar-refractivity contribution < 1.29 is 9.59 Å². The first kappa shape index (κ1) is 16.5. The second kappa shape index (κ2) is 5.54. The van der Waals surface area contributed by atoms with Gasteiger partial charge in [-0.1, -0.05) is 0 Å². The summed E-state index contributed by atoms with van der Waals surface area (Å²) >= 11 is 0. The lowest BCUT2D eigenvalue weighted by Crippen LogP contribution is -2.62. The van der Waals surface area contributed by atoms with E-state index in [4.69, 9.17) is 0 Å². The molecule has 25 heavy (non-hydrogen) atoms. The number of hydrogen-bond donors (Lipinski definition) is 1. The molecule has 4 aliphatic rings. The molecule has 0 spiro atoms. The number of likely N-dealkylation sites (N-methyl/N-ethyl adjacent to an activating group) is 1. The number of hydrogen-bond acceptors (Lipinski definition) is 4. The van der Waals surface area contributed by atoms with Gasteiger partial charge in [-0.2, -0.15) is 5.10 Å². The van der Waals surface area contributed by atoms with Gasteiger partial charge in [-0.15, -0.1) is 0 Å². The van der Waals surface area contributed by atoms with Crippen LogP contribution in [0.3, 0.4) is 0 Å². The fraction of sp³-hybridized carbons (Fsp3) is 0.778. The Morgan fingerprint density at radius 2 is 1.92 bits per heavy atom. The first-order valence-corrected chi connectivity index (χ1v) is 9.21. The number of aromatic nitrogens is 3. The summed E-state index contributed by atoms with van der Waals surface area (Å²) in [6, 6.07) is -0.488. The van der Waals surface area contributed by atoms with E-state index in [1.165, 1.54) is 11.3 Å². The normalized spacial score (nSPS) is 36.9. The highest BCUT2D eigenvalue weighted by Gasteiger charge is 2.61. The third-order valence-corrected chi connectivity index (χ3v) is 6.58. The summed E-state index contributed by atoms with van der Waals surface area (Å²) in [6.45, 7) is 1.77. The fourth-order valence-corrected chi connectivity index (χ4v) is 6.00. The summed E-state index contributed by atoms with van der Waals surface area (Å²) in [5, 5.41) is 7.43. The van der Waals surface area contributed by atoms with Crippen LogP contribution in [0.1, 0.15) is 45.4 Å². The van der Waals surface area contributed by atoms with Gasteiger partial charge in [0.1, 0.15) is 18.7 Å². The summed E-state index contributed by atoms with van der Waals surface area (Å²) < 4.78 is 2.00. The monoisotopic (exact) mass is 345 g/mol. The fourth-order valence-electron chi connectivity index (χ4n) is 6.00. The molecule has 0 aromatic carbocycles. The van der Waals surface area contributed by atoms with E-state index in [1.807, 2.05) is 4.68 Å². The third kappa shape index (κ3) is 2.55. The molecule has 3 unspecified atom stereocenters. The topological polar surface area (TPSA) is 80.1 Å². The molecule has 1 aromatic rings. The van der Waals surface area contributed by atoms with Gasteiger partial charge in [-0.25, -0.2) is 9.67 Å². The first-order chi connectivity index (χ1) is 11.8. The van der Waals surface area contributed by atoms with Crippen LogP contribution in [-0.2, 0) is 15.1 Å². The minimum Gasteiger partial charge on any atom is -0.347 e. The quantitative estimate of drug-likeness (QED) is 0.888. The highest BCUT2D eigenvalue weighted by atomic mass is 16.2. The molecule has 0 saturated heterocycles. The van der Waals surface area contributed by atoms with Gasteiger partial charge in [-0.3, -0.25) is 9.59 Å². The Morgan fingerprint density at radius 3 is 2.48 bits per heavy atom. The first-order valence-electron chi connectivity index (χ1n) is 9.21. The highest BCUT2D eigenvalue weighted by molar-refractivity contribution is 5.90. The number of rotatable bonds is 4. The van der Waals surface area contributed by atoms with Gasteiger partial charge in [0.2, 0.25) is 11.8 Å². The molecule has 1 N–H and O–H groups in total. The Morgan fingerprint density at radius 1 is 1.24 bits per heavy atom. The molecular weight excluding hydrogens is 318 g/mol. The average molecular weight is 345 g/mol. The molecule has 4 fully saturated rings. The van der Waals surface area contributed by atoms with Crippen LogP contribution in [0, 0.1) is 17.3 Å². The molecule has 2 amide bonds. The molecule has 136 valence electrons.